The molecule has 0 spiro atoms. The van der Waals surface area contributed by atoms with E-state index in [0.717, 1.165) is 25.3 Å². The van der Waals surface area contributed by atoms with Crippen LogP contribution >= 0.6 is 0 Å². The van der Waals surface area contributed by atoms with Crippen LogP contribution in [0.5, 0.6) is 0 Å². The summed E-state index contributed by atoms with van der Waals surface area (Å²) in [4.78, 5) is 0. The summed E-state index contributed by atoms with van der Waals surface area (Å²) in [5.74, 6) is 0.445. The smallest absolute Gasteiger partial charge is 0.0537 e. The maximum absolute atomic E-state index is 6.17. The zero-order valence-corrected chi connectivity index (χ0v) is 6.99. The van der Waals surface area contributed by atoms with Gasteiger partial charge in [-0.25, -0.2) is 0 Å². The van der Waals surface area contributed by atoms with E-state index in [2.05, 4.69) is 0 Å². The van der Waals surface area contributed by atoms with Crippen LogP contribution in [0.4, 0.5) is 0 Å². The molecule has 3 nitrogen and oxygen atoms in total. The van der Waals surface area contributed by atoms with Crippen LogP contribution in [-0.4, -0.2) is 18.8 Å². The number of allylic oxidation sites excluding steroid dienone is 2. The van der Waals surface area contributed by atoms with Gasteiger partial charge in [-0.3, -0.25) is 0 Å². The van der Waals surface area contributed by atoms with Gasteiger partial charge in [-0.1, -0.05) is 12.2 Å². The summed E-state index contributed by atoms with van der Waals surface area (Å²) in [5, 5.41) is 0. The lowest BCUT2D eigenvalue weighted by Crippen LogP contribution is -2.55. The Hall–Kier alpha value is -0.800. The van der Waals surface area contributed by atoms with Gasteiger partial charge in [0.1, 0.15) is 0 Å². The highest BCUT2D eigenvalue weighted by Gasteiger charge is 2.38. The van der Waals surface area contributed by atoms with Gasteiger partial charge in [-0.05, 0) is 6.08 Å². The highest BCUT2D eigenvalue weighted by Crippen LogP contribution is 2.30. The van der Waals surface area contributed by atoms with Crippen LogP contribution < -0.4 is 11.5 Å². The molecule has 1 aliphatic carbocycles. The van der Waals surface area contributed by atoms with Crippen LogP contribution in [0.1, 0.15) is 6.42 Å². The van der Waals surface area contributed by atoms with E-state index in [1.54, 1.807) is 0 Å². The van der Waals surface area contributed by atoms with Gasteiger partial charge >= 0.3 is 0 Å². The fourth-order valence-electron chi connectivity index (χ4n) is 1.65. The molecule has 0 bridgehead atoms. The topological polar surface area (TPSA) is 61.3 Å². The second-order valence-electron chi connectivity index (χ2n) is 3.62. The summed E-state index contributed by atoms with van der Waals surface area (Å²) < 4.78 is 5.11. The Kier molecular flexibility index (Phi) is 1.70. The lowest BCUT2D eigenvalue weighted by Gasteiger charge is -2.41. The number of nitrogens with two attached hydrogens (primary N) is 2. The minimum absolute atomic E-state index is 0.253. The fourth-order valence-corrected chi connectivity index (χ4v) is 1.65. The first kappa shape index (κ1) is 7.83. The minimum Gasteiger partial charge on any atom is -0.402 e. The number of hydrogen-bond donors (Lipinski definition) is 2. The van der Waals surface area contributed by atoms with Crippen molar-refractivity contribution in [1.29, 1.82) is 0 Å². The quantitative estimate of drug-likeness (QED) is 0.582. The second kappa shape index (κ2) is 2.61. The number of hydrogen-bond acceptors (Lipinski definition) is 3. The van der Waals surface area contributed by atoms with Gasteiger partial charge in [0.25, 0.3) is 0 Å². The highest BCUT2D eigenvalue weighted by molar-refractivity contribution is 5.26. The third kappa shape index (κ3) is 1.15. The van der Waals surface area contributed by atoms with Gasteiger partial charge in [0.05, 0.1) is 13.2 Å². The highest BCUT2D eigenvalue weighted by atomic mass is 16.5. The number of ether oxygens (including phenoxy) is 1. The van der Waals surface area contributed by atoms with Gasteiger partial charge in [-0.2, -0.15) is 0 Å². The Labute approximate surface area is 72.1 Å². The van der Waals surface area contributed by atoms with Gasteiger partial charge in [0, 0.05) is 23.6 Å². The molecule has 2 aliphatic rings. The zero-order chi connectivity index (χ0) is 8.60. The van der Waals surface area contributed by atoms with Crippen LogP contribution in [0.2, 0.25) is 0 Å². The first-order valence-corrected chi connectivity index (χ1v) is 4.21. The predicted octanol–water partition coefficient (Wildman–Crippen LogP) is 0.133. The lowest BCUT2D eigenvalue weighted by molar-refractivity contribution is -0.0592. The Morgan fingerprint density at radius 1 is 1.50 bits per heavy atom. The molecule has 1 heterocycles. The number of rotatable bonds is 1. The average molecular weight is 166 g/mol. The molecule has 0 aromatic carbocycles. The van der Waals surface area contributed by atoms with Crippen molar-refractivity contribution in [2.24, 2.45) is 17.4 Å². The Morgan fingerprint density at radius 2 is 2.25 bits per heavy atom. The van der Waals surface area contributed by atoms with Crippen LogP contribution in [-0.2, 0) is 4.74 Å². The molecule has 0 saturated carbocycles. The average Bonchev–Trinajstić information content (AvgIpc) is 1.79. The molecule has 12 heavy (non-hydrogen) atoms. The minimum atomic E-state index is -0.253. The Bertz CT molecular complexity index is 243. The van der Waals surface area contributed by atoms with Gasteiger partial charge in [-0.15, -0.1) is 0 Å². The van der Waals surface area contributed by atoms with E-state index in [0.29, 0.717) is 5.92 Å². The molecule has 2 rings (SSSR count). The summed E-state index contributed by atoms with van der Waals surface area (Å²) in [6, 6.07) is 0. The summed E-state index contributed by atoms with van der Waals surface area (Å²) in [5.41, 5.74) is 12.5. The van der Waals surface area contributed by atoms with Crippen LogP contribution in [0.15, 0.2) is 23.9 Å². The van der Waals surface area contributed by atoms with Crippen LogP contribution in [0.25, 0.3) is 0 Å². The first-order valence-electron chi connectivity index (χ1n) is 4.21. The van der Waals surface area contributed by atoms with E-state index < -0.39 is 0 Å². The molecule has 0 aromatic rings. The van der Waals surface area contributed by atoms with Crippen LogP contribution in [0, 0.1) is 5.92 Å². The Morgan fingerprint density at radius 3 is 2.75 bits per heavy atom. The fraction of sp³-hybridized carbons (Fsp3) is 0.556. The van der Waals surface area contributed by atoms with Crippen LogP contribution in [0.3, 0.4) is 0 Å². The molecule has 0 radical (unpaired) electrons. The molecule has 66 valence electrons. The van der Waals surface area contributed by atoms with Crippen molar-refractivity contribution in [2.45, 2.75) is 12.0 Å². The third-order valence-electron chi connectivity index (χ3n) is 2.63. The van der Waals surface area contributed by atoms with E-state index in [-0.39, 0.29) is 5.54 Å². The summed E-state index contributed by atoms with van der Waals surface area (Å²) in [7, 11) is 0. The van der Waals surface area contributed by atoms with Crippen molar-refractivity contribution in [1.82, 2.24) is 0 Å². The van der Waals surface area contributed by atoms with E-state index in [1.165, 1.54) is 0 Å². The van der Waals surface area contributed by atoms with Crippen molar-refractivity contribution >= 4 is 0 Å². The molecular formula is C9H14N2O. The predicted molar refractivity (Wildman–Crippen MR) is 47.3 cm³/mol. The summed E-state index contributed by atoms with van der Waals surface area (Å²) >= 11 is 0. The van der Waals surface area contributed by atoms with E-state index in [9.17, 15) is 0 Å². The van der Waals surface area contributed by atoms with Crippen molar-refractivity contribution in [3.05, 3.63) is 23.9 Å². The molecule has 1 atom stereocenters. The summed E-state index contributed by atoms with van der Waals surface area (Å²) in [6.45, 7) is 1.54. The maximum Gasteiger partial charge on any atom is 0.0537 e. The Balaban J connectivity index is 2.11. The van der Waals surface area contributed by atoms with Crippen molar-refractivity contribution < 1.29 is 4.74 Å². The van der Waals surface area contributed by atoms with Gasteiger partial charge in [0.15, 0.2) is 0 Å². The normalized spacial score (nSPS) is 35.9. The molecule has 1 aliphatic heterocycles. The van der Waals surface area contributed by atoms with Crippen molar-refractivity contribution in [3.8, 4) is 0 Å². The summed E-state index contributed by atoms with van der Waals surface area (Å²) in [6.07, 6.45) is 6.65. The standard InChI is InChI=1S/C9H14N2O/c10-8-2-1-3-9(11,4-8)7-5-12-6-7/h1-3,7H,4-6,10-11H2. The maximum atomic E-state index is 6.17. The molecule has 3 heteroatoms. The molecular weight excluding hydrogens is 152 g/mol. The lowest BCUT2D eigenvalue weighted by atomic mass is 9.77. The molecule has 1 fully saturated rings. The second-order valence-corrected chi connectivity index (χ2v) is 3.62. The van der Waals surface area contributed by atoms with E-state index >= 15 is 0 Å². The van der Waals surface area contributed by atoms with Crippen molar-refractivity contribution in [3.63, 3.8) is 0 Å². The van der Waals surface area contributed by atoms with Gasteiger partial charge < -0.3 is 16.2 Å². The largest absolute Gasteiger partial charge is 0.402 e. The SMILES string of the molecule is NC1=CC=CC(N)(C2COC2)C1. The zero-order valence-electron chi connectivity index (χ0n) is 6.99. The van der Waals surface area contributed by atoms with Crippen molar-refractivity contribution in [2.75, 3.05) is 13.2 Å². The first-order chi connectivity index (χ1) is 5.71. The monoisotopic (exact) mass is 166 g/mol. The molecule has 0 aromatic heterocycles. The molecule has 1 unspecified atom stereocenters. The van der Waals surface area contributed by atoms with E-state index in [1.807, 2.05) is 18.2 Å². The van der Waals surface area contributed by atoms with E-state index in [4.69, 9.17) is 16.2 Å². The molecule has 1 saturated heterocycles. The van der Waals surface area contributed by atoms with Gasteiger partial charge in [0.2, 0.25) is 0 Å². The third-order valence-corrected chi connectivity index (χ3v) is 2.63. The molecule has 0 amide bonds. The molecule has 4 N–H and O–H groups in total.